The molecule has 9 aliphatic carbocycles. The molecule has 11 aliphatic rings. The summed E-state index contributed by atoms with van der Waals surface area (Å²) in [6, 6.07) is 0. The Balaban J connectivity index is 0.000000129. The number of aliphatic carboxylic acids is 2. The van der Waals surface area contributed by atoms with Gasteiger partial charge in [0.05, 0.1) is 34.2 Å². The second-order valence-corrected chi connectivity index (χ2v) is 27.6. The smallest absolute Gasteiger partial charge is 0.320 e. The van der Waals surface area contributed by atoms with Crippen molar-refractivity contribution in [3.63, 3.8) is 0 Å². The highest BCUT2D eigenvalue weighted by Gasteiger charge is 2.68. The first-order valence-corrected chi connectivity index (χ1v) is 27.5. The topological polar surface area (TPSA) is 205 Å². The average molecular weight is 965 g/mol. The predicted octanol–water partition coefficient (Wildman–Crippen LogP) is 9.77. The van der Waals surface area contributed by atoms with Crippen LogP contribution >= 0.6 is 0 Å². The molecule has 5 N–H and O–H groups in total. The summed E-state index contributed by atoms with van der Waals surface area (Å²) in [6.07, 6.45) is 18.6. The van der Waals surface area contributed by atoms with Crippen molar-refractivity contribution in [1.82, 2.24) is 0 Å². The van der Waals surface area contributed by atoms with Gasteiger partial charge in [0.2, 0.25) is 0 Å². The van der Waals surface area contributed by atoms with Gasteiger partial charge in [-0.15, -0.1) is 0 Å². The highest BCUT2D eigenvalue weighted by atomic mass is 16.6. The van der Waals surface area contributed by atoms with Crippen LogP contribution in [0.5, 0.6) is 0 Å². The van der Waals surface area contributed by atoms with Crippen molar-refractivity contribution >= 4 is 29.8 Å². The van der Waals surface area contributed by atoms with Crippen LogP contribution in [0.25, 0.3) is 0 Å². The van der Waals surface area contributed by atoms with Crippen molar-refractivity contribution in [3.8, 4) is 0 Å². The van der Waals surface area contributed by atoms with Crippen LogP contribution in [0.15, 0.2) is 0 Å². The van der Waals surface area contributed by atoms with Crippen LogP contribution in [-0.4, -0.2) is 78.8 Å². The van der Waals surface area contributed by atoms with E-state index >= 15 is 0 Å². The molecule has 12 heteroatoms. The summed E-state index contributed by atoms with van der Waals surface area (Å²) in [6.45, 7) is 19.5. The Bertz CT molecular complexity index is 2080. The molecule has 69 heavy (non-hydrogen) atoms. The van der Waals surface area contributed by atoms with E-state index in [4.69, 9.17) is 9.47 Å². The van der Waals surface area contributed by atoms with E-state index in [2.05, 4.69) is 34.6 Å². The second-order valence-electron chi connectivity index (χ2n) is 27.6. The Hall–Kier alpha value is -2.57. The third-order valence-electron chi connectivity index (χ3n) is 25.5. The van der Waals surface area contributed by atoms with Crippen LogP contribution in [0.2, 0.25) is 0 Å². The summed E-state index contributed by atoms with van der Waals surface area (Å²) in [5.74, 6) is 1.90. The lowest BCUT2D eigenvalue weighted by Gasteiger charge is -2.60. The van der Waals surface area contributed by atoms with E-state index in [-0.39, 0.29) is 69.7 Å². The standard InChI is InChI=1S/C19H30O5.C19H28O4.C19H30O3/c1-17-8-6-14-12(13(17)7-9-18(17,2)24)5-4-11(10-15(20)21)19(14,3)16(22)23;1-17-8-6-14-12(13(17)7-9-18(17,2)22)5-4-11-10-15(20)23-16(21)19(11,14)3;1-17-11-22-16(20)10-12(17)4-5-13-14(17)6-8-18(2)15(13)7-9-19(18,3)21/h11-14,24H,4-10H2,1-3H3,(H,20,21)(H,22,23);11-14,22H,4-10H2,1-3H3;12-15,21H,4-11H2,1-3H3/t2*11-,12-,13-,14-,17-,18-,19-;12-,13+,14-,15-,17-,18-,19-/m000/s1. The van der Waals surface area contributed by atoms with E-state index in [9.17, 15) is 49.5 Å². The number of carboxylic acid groups (broad SMARTS) is 2. The average Bonchev–Trinajstić information content (AvgIpc) is 3.78. The number of carboxylic acids is 2. The monoisotopic (exact) mass is 965 g/mol. The number of hydrogen-bond donors (Lipinski definition) is 5. The molecule has 0 aromatic heterocycles. The maximum atomic E-state index is 12.6. The second kappa shape index (κ2) is 17.0. The molecule has 2 aliphatic heterocycles. The zero-order valence-corrected chi connectivity index (χ0v) is 43.6. The van der Waals surface area contributed by atoms with Crippen molar-refractivity contribution in [2.45, 2.75) is 214 Å². The number of ether oxygens (including phenoxy) is 2. The Morgan fingerprint density at radius 2 is 0.928 bits per heavy atom. The van der Waals surface area contributed by atoms with E-state index in [1.165, 1.54) is 25.7 Å². The van der Waals surface area contributed by atoms with Crippen LogP contribution in [0.4, 0.5) is 0 Å². The molecule has 0 bridgehead atoms. The summed E-state index contributed by atoms with van der Waals surface area (Å²) < 4.78 is 10.5. The fourth-order valence-electron chi connectivity index (χ4n) is 20.1. The molecule has 0 aromatic rings. The summed E-state index contributed by atoms with van der Waals surface area (Å²) in [7, 11) is 0. The van der Waals surface area contributed by atoms with E-state index in [1.54, 1.807) is 6.92 Å². The zero-order valence-electron chi connectivity index (χ0n) is 43.6. The Labute approximate surface area is 411 Å². The van der Waals surface area contributed by atoms with Gasteiger partial charge < -0.3 is 35.0 Å². The maximum absolute atomic E-state index is 12.6. The van der Waals surface area contributed by atoms with Gasteiger partial charge in [0.25, 0.3) is 0 Å². The molecule has 388 valence electrons. The number of carbonyl (C=O) groups excluding carboxylic acids is 3. The number of carbonyl (C=O) groups is 5. The van der Waals surface area contributed by atoms with Gasteiger partial charge in [-0.05, 0) is 237 Å². The molecule has 11 rings (SSSR count). The molecular formula is C57H88O12. The van der Waals surface area contributed by atoms with E-state index in [0.717, 1.165) is 83.5 Å². The van der Waals surface area contributed by atoms with Gasteiger partial charge in [0, 0.05) is 24.7 Å². The minimum absolute atomic E-state index is 0.00497. The number of hydrogen-bond acceptors (Lipinski definition) is 10. The summed E-state index contributed by atoms with van der Waals surface area (Å²) in [4.78, 5) is 59.4. The van der Waals surface area contributed by atoms with Gasteiger partial charge in [-0.1, -0.05) is 27.7 Å². The van der Waals surface area contributed by atoms with Gasteiger partial charge >= 0.3 is 29.8 Å². The molecule has 0 spiro atoms. The van der Waals surface area contributed by atoms with Crippen LogP contribution in [0.3, 0.4) is 0 Å². The Kier molecular flexibility index (Phi) is 12.6. The molecule has 0 amide bonds. The fourth-order valence-corrected chi connectivity index (χ4v) is 20.1. The molecule has 0 aromatic carbocycles. The first-order chi connectivity index (χ1) is 32.0. The first kappa shape index (κ1) is 51.3. The van der Waals surface area contributed by atoms with Gasteiger partial charge in [-0.3, -0.25) is 24.0 Å². The third-order valence-corrected chi connectivity index (χ3v) is 25.5. The van der Waals surface area contributed by atoms with E-state index in [1.807, 2.05) is 20.8 Å². The quantitative estimate of drug-likeness (QED) is 0.132. The lowest BCUT2D eigenvalue weighted by molar-refractivity contribution is -0.197. The first-order valence-electron chi connectivity index (χ1n) is 27.5. The highest BCUT2D eigenvalue weighted by molar-refractivity contribution is 5.92. The van der Waals surface area contributed by atoms with Crippen molar-refractivity contribution in [2.24, 2.45) is 104 Å². The molecule has 9 saturated carbocycles. The molecule has 2 heterocycles. The van der Waals surface area contributed by atoms with Crippen LogP contribution in [0, 0.1) is 104 Å². The van der Waals surface area contributed by atoms with Crippen molar-refractivity contribution in [3.05, 3.63) is 0 Å². The highest BCUT2D eigenvalue weighted by Crippen LogP contribution is 2.70. The lowest BCUT2D eigenvalue weighted by Crippen LogP contribution is -2.59. The number of rotatable bonds is 3. The number of cyclic esters (lactones) is 3. The van der Waals surface area contributed by atoms with Gasteiger partial charge in [-0.25, -0.2) is 0 Å². The largest absolute Gasteiger partial charge is 0.481 e. The van der Waals surface area contributed by atoms with Gasteiger partial charge in [-0.2, -0.15) is 0 Å². The summed E-state index contributed by atoms with van der Waals surface area (Å²) in [5.41, 5.74) is -3.18. The maximum Gasteiger partial charge on any atom is 0.320 e. The van der Waals surface area contributed by atoms with Crippen molar-refractivity contribution in [1.29, 1.82) is 0 Å². The molecule has 21 atom stereocenters. The van der Waals surface area contributed by atoms with Crippen LogP contribution < -0.4 is 0 Å². The predicted molar refractivity (Wildman–Crippen MR) is 257 cm³/mol. The molecular weight excluding hydrogens is 877 g/mol. The zero-order chi connectivity index (χ0) is 50.3. The third kappa shape index (κ3) is 7.49. The SMILES string of the molecule is C[C@]1(C(=O)O)[C@H](CC(=O)O)CC[C@@H]2[C@@H]1CC[C@@]1(C)[C@H]2CC[C@]1(C)O.C[C@]12C(=O)OC(=O)C[C@@H]1CC[C@@H]1[C@@H]2CC[C@@]2(C)[C@H]1CC[C@]2(C)O.C[C@]12COC(=O)C[C@@H]1CC[C@@H]1[C@@H]2CC[C@@]2(C)[C@H]1CC[C@]2(C)O. The van der Waals surface area contributed by atoms with Crippen LogP contribution in [-0.2, 0) is 33.4 Å². The fraction of sp³-hybridized carbons (Fsp3) is 0.912. The van der Waals surface area contributed by atoms with Crippen LogP contribution in [0.1, 0.15) is 197 Å². The number of esters is 3. The minimum atomic E-state index is -0.975. The Morgan fingerprint density at radius 1 is 0.507 bits per heavy atom. The minimum Gasteiger partial charge on any atom is -0.481 e. The number of aliphatic hydroxyl groups is 3. The number of fused-ring (bicyclic) bond motifs is 13. The van der Waals surface area contributed by atoms with Gasteiger partial charge in [0.15, 0.2) is 0 Å². The molecule has 12 nitrogen and oxygen atoms in total. The molecule has 11 fully saturated rings. The Morgan fingerprint density at radius 3 is 1.43 bits per heavy atom. The van der Waals surface area contributed by atoms with E-state index in [0.29, 0.717) is 73.2 Å². The summed E-state index contributed by atoms with van der Waals surface area (Å²) in [5, 5.41) is 51.8. The van der Waals surface area contributed by atoms with Crippen molar-refractivity contribution < 1.29 is 59.0 Å². The molecule has 0 unspecified atom stereocenters. The normalized spacial score (nSPS) is 54.6. The molecule has 2 saturated heterocycles. The lowest BCUT2D eigenvalue weighted by atomic mass is 9.46. The molecule has 0 radical (unpaired) electrons. The van der Waals surface area contributed by atoms with Gasteiger partial charge in [0.1, 0.15) is 0 Å². The van der Waals surface area contributed by atoms with Crippen molar-refractivity contribution in [2.75, 3.05) is 6.61 Å². The summed E-state index contributed by atoms with van der Waals surface area (Å²) >= 11 is 0. The van der Waals surface area contributed by atoms with E-state index < -0.39 is 39.6 Å².